The molecule has 228 valence electrons. The third-order valence-corrected chi connectivity index (χ3v) is 9.61. The number of fused-ring (bicyclic) bond motifs is 1. The molecule has 0 radical (unpaired) electrons. The molecule has 0 saturated heterocycles. The van der Waals surface area contributed by atoms with E-state index in [1.165, 1.54) is 12.1 Å². The molecule has 5 aromatic rings. The SMILES string of the molecule is COc1ccc(N2C(=O)c3cc(S(=O)(=O)Nc4ccc(C)cc4)ccc3N(Cc3ccccc3)[C@H]2c2ccc(Cl)cc2Cl)cc1. The highest BCUT2D eigenvalue weighted by Gasteiger charge is 2.41. The molecule has 7 nitrogen and oxygen atoms in total. The van der Waals surface area contributed by atoms with E-state index < -0.39 is 16.2 Å². The minimum Gasteiger partial charge on any atom is -0.497 e. The highest BCUT2D eigenvalue weighted by molar-refractivity contribution is 7.92. The highest BCUT2D eigenvalue weighted by Crippen LogP contribution is 2.45. The number of amides is 1. The normalized spacial score (nSPS) is 14.7. The standard InChI is InChI=1S/C35H29Cl2N3O4S/c1-23-8-11-26(12-9-23)38-45(42,43)29-17-19-33-31(21-29)35(41)40(27-13-15-28(44-2)16-14-27)34(30-18-10-25(36)20-32(30)37)39(33)22-24-6-4-3-5-7-24/h3-21,34,38H,22H2,1-2H3/t34-/m1/s1. The number of methoxy groups -OCH3 is 1. The van der Waals surface area contributed by atoms with Gasteiger partial charge in [-0.15, -0.1) is 0 Å². The molecule has 1 N–H and O–H groups in total. The van der Waals surface area contributed by atoms with Crippen LogP contribution in [0.5, 0.6) is 5.75 Å². The lowest BCUT2D eigenvalue weighted by molar-refractivity contribution is 0.0968. The van der Waals surface area contributed by atoms with Crippen LogP contribution in [0.25, 0.3) is 0 Å². The van der Waals surface area contributed by atoms with Gasteiger partial charge < -0.3 is 9.64 Å². The van der Waals surface area contributed by atoms with Crippen molar-refractivity contribution in [2.45, 2.75) is 24.5 Å². The third kappa shape index (κ3) is 6.22. The van der Waals surface area contributed by atoms with Crippen LogP contribution in [-0.4, -0.2) is 21.4 Å². The highest BCUT2D eigenvalue weighted by atomic mass is 35.5. The molecule has 10 heteroatoms. The number of halogens is 2. The molecule has 0 bridgehead atoms. The summed E-state index contributed by atoms with van der Waals surface area (Å²) >= 11 is 13.1. The average molecular weight is 659 g/mol. The van der Waals surface area contributed by atoms with E-state index in [0.29, 0.717) is 45.0 Å². The van der Waals surface area contributed by atoms with Crippen LogP contribution in [0.3, 0.4) is 0 Å². The van der Waals surface area contributed by atoms with E-state index in [4.69, 9.17) is 27.9 Å². The number of nitrogens with zero attached hydrogens (tertiary/aromatic N) is 2. The summed E-state index contributed by atoms with van der Waals surface area (Å²) in [4.78, 5) is 18.2. The van der Waals surface area contributed by atoms with Gasteiger partial charge in [0.1, 0.15) is 11.9 Å². The Morgan fingerprint density at radius 1 is 0.844 bits per heavy atom. The first kappa shape index (κ1) is 30.5. The molecular weight excluding hydrogens is 629 g/mol. The van der Waals surface area contributed by atoms with Crippen LogP contribution in [0.1, 0.15) is 33.2 Å². The fourth-order valence-electron chi connectivity index (χ4n) is 5.42. The maximum atomic E-state index is 14.6. The summed E-state index contributed by atoms with van der Waals surface area (Å²) in [5.41, 5.74) is 4.45. The van der Waals surface area contributed by atoms with Crippen molar-refractivity contribution >= 4 is 56.2 Å². The maximum Gasteiger partial charge on any atom is 0.262 e. The van der Waals surface area contributed by atoms with Gasteiger partial charge in [0.05, 0.1) is 23.3 Å². The summed E-state index contributed by atoms with van der Waals surface area (Å²) in [7, 11) is -2.45. The minimum absolute atomic E-state index is 0.0347. The molecule has 0 saturated carbocycles. The van der Waals surface area contributed by atoms with E-state index in [1.54, 1.807) is 66.6 Å². The van der Waals surface area contributed by atoms with Gasteiger partial charge in [0, 0.05) is 33.5 Å². The number of anilines is 3. The lowest BCUT2D eigenvalue weighted by Gasteiger charge is -2.46. The number of ether oxygens (including phenoxy) is 1. The lowest BCUT2D eigenvalue weighted by Crippen LogP contribution is -2.49. The number of carbonyl (C=O) groups excluding carboxylic acids is 1. The monoisotopic (exact) mass is 657 g/mol. The van der Waals surface area contributed by atoms with Gasteiger partial charge in [0.2, 0.25) is 0 Å². The van der Waals surface area contributed by atoms with Crippen molar-refractivity contribution in [3.8, 4) is 5.75 Å². The zero-order valence-corrected chi connectivity index (χ0v) is 26.8. The molecule has 1 amide bonds. The fraction of sp³-hybridized carbons (Fsp3) is 0.114. The number of nitrogens with one attached hydrogen (secondary N) is 1. The van der Waals surface area contributed by atoms with Crippen molar-refractivity contribution < 1.29 is 17.9 Å². The van der Waals surface area contributed by atoms with Crippen molar-refractivity contribution in [2.24, 2.45) is 0 Å². The van der Waals surface area contributed by atoms with Gasteiger partial charge in [-0.2, -0.15) is 0 Å². The van der Waals surface area contributed by atoms with Crippen molar-refractivity contribution in [2.75, 3.05) is 21.6 Å². The Morgan fingerprint density at radius 2 is 1.56 bits per heavy atom. The molecule has 45 heavy (non-hydrogen) atoms. The molecule has 1 aliphatic rings. The first-order valence-electron chi connectivity index (χ1n) is 14.1. The van der Waals surface area contributed by atoms with Gasteiger partial charge in [0.25, 0.3) is 15.9 Å². The molecule has 1 atom stereocenters. The van der Waals surface area contributed by atoms with E-state index in [-0.39, 0.29) is 16.4 Å². The number of rotatable bonds is 8. The van der Waals surface area contributed by atoms with Crippen molar-refractivity contribution in [1.82, 2.24) is 0 Å². The summed E-state index contributed by atoms with van der Waals surface area (Å²) in [5, 5.41) is 0.856. The van der Waals surface area contributed by atoms with Crippen LogP contribution in [-0.2, 0) is 16.6 Å². The predicted molar refractivity (Wildman–Crippen MR) is 180 cm³/mol. The first-order chi connectivity index (χ1) is 21.6. The lowest BCUT2D eigenvalue weighted by atomic mass is 9.99. The smallest absolute Gasteiger partial charge is 0.262 e. The van der Waals surface area contributed by atoms with E-state index in [2.05, 4.69) is 9.62 Å². The quantitative estimate of drug-likeness (QED) is 0.181. The van der Waals surface area contributed by atoms with Crippen LogP contribution in [0.2, 0.25) is 10.0 Å². The molecule has 0 aliphatic carbocycles. The Kier molecular flexibility index (Phi) is 8.46. The zero-order chi connectivity index (χ0) is 31.7. The van der Waals surface area contributed by atoms with E-state index in [0.717, 1.165) is 11.1 Å². The third-order valence-electron chi connectivity index (χ3n) is 7.67. The Balaban J connectivity index is 1.54. The van der Waals surface area contributed by atoms with Crippen molar-refractivity contribution in [1.29, 1.82) is 0 Å². The largest absolute Gasteiger partial charge is 0.497 e. The first-order valence-corrected chi connectivity index (χ1v) is 16.4. The number of hydrogen-bond acceptors (Lipinski definition) is 5. The maximum absolute atomic E-state index is 14.6. The molecule has 0 fully saturated rings. The molecular formula is C35H29Cl2N3O4S. The number of carbonyl (C=O) groups is 1. The van der Waals surface area contributed by atoms with Crippen LogP contribution in [0.15, 0.2) is 120 Å². The minimum atomic E-state index is -4.02. The molecule has 1 aliphatic heterocycles. The van der Waals surface area contributed by atoms with E-state index in [1.807, 2.05) is 55.5 Å². The van der Waals surface area contributed by atoms with Gasteiger partial charge in [-0.3, -0.25) is 14.4 Å². The number of sulfonamides is 1. The Labute approximate surface area is 272 Å². The van der Waals surface area contributed by atoms with Crippen LogP contribution in [0.4, 0.5) is 17.1 Å². The van der Waals surface area contributed by atoms with Crippen LogP contribution >= 0.6 is 23.2 Å². The second-order valence-corrected chi connectivity index (χ2v) is 13.2. The predicted octanol–water partition coefficient (Wildman–Crippen LogP) is 8.48. The fourth-order valence-corrected chi connectivity index (χ4v) is 7.01. The topological polar surface area (TPSA) is 78.9 Å². The molecule has 1 heterocycles. The molecule has 5 aromatic carbocycles. The second kappa shape index (κ2) is 12.5. The average Bonchev–Trinajstić information content (AvgIpc) is 3.04. The van der Waals surface area contributed by atoms with Crippen molar-refractivity contribution in [3.63, 3.8) is 0 Å². The molecule has 0 unspecified atom stereocenters. The summed E-state index contributed by atoms with van der Waals surface area (Å²) in [5.74, 6) is 0.240. The van der Waals surface area contributed by atoms with E-state index in [9.17, 15) is 13.2 Å². The number of hydrogen-bond donors (Lipinski definition) is 1. The van der Waals surface area contributed by atoms with Crippen LogP contribution in [0, 0.1) is 6.92 Å². The van der Waals surface area contributed by atoms with Gasteiger partial charge in [-0.05, 0) is 79.2 Å². The number of benzene rings is 5. The second-order valence-electron chi connectivity index (χ2n) is 10.7. The molecule has 0 aromatic heterocycles. The van der Waals surface area contributed by atoms with E-state index >= 15 is 0 Å². The molecule has 0 spiro atoms. The zero-order valence-electron chi connectivity index (χ0n) is 24.4. The van der Waals surface area contributed by atoms with Gasteiger partial charge in [-0.1, -0.05) is 77.3 Å². The summed E-state index contributed by atoms with van der Waals surface area (Å²) in [6, 6.07) is 33.8. The van der Waals surface area contributed by atoms with Gasteiger partial charge >= 0.3 is 0 Å². The number of aryl methyl sites for hydroxylation is 1. The Hall–Kier alpha value is -4.50. The summed E-state index contributed by atoms with van der Waals surface area (Å²) in [6.07, 6.45) is -0.698. The van der Waals surface area contributed by atoms with Gasteiger partial charge in [0.15, 0.2) is 0 Å². The molecule has 6 rings (SSSR count). The van der Waals surface area contributed by atoms with Crippen LogP contribution < -0.4 is 19.3 Å². The Morgan fingerprint density at radius 3 is 2.22 bits per heavy atom. The Bertz CT molecular complexity index is 1970. The van der Waals surface area contributed by atoms with Crippen molar-refractivity contribution in [3.05, 3.63) is 148 Å². The summed E-state index contributed by atoms with van der Waals surface area (Å²) < 4.78 is 35.1. The van der Waals surface area contributed by atoms with Gasteiger partial charge in [-0.25, -0.2) is 8.42 Å². The summed E-state index contributed by atoms with van der Waals surface area (Å²) in [6.45, 7) is 2.32.